The minimum atomic E-state index is -0.410. The molecule has 1 aliphatic heterocycles. The minimum absolute atomic E-state index is 0.244. The molecule has 1 heterocycles. The second-order valence-corrected chi connectivity index (χ2v) is 5.56. The summed E-state index contributed by atoms with van der Waals surface area (Å²) in [5, 5.41) is 14.6. The average Bonchev–Trinajstić information content (AvgIpc) is 2.33. The van der Waals surface area contributed by atoms with Crippen LogP contribution in [0.5, 0.6) is 0 Å². The van der Waals surface area contributed by atoms with Gasteiger partial charge in [-0.1, -0.05) is 29.3 Å². The van der Waals surface area contributed by atoms with Crippen molar-refractivity contribution in [2.75, 3.05) is 13.1 Å². The number of nitrogens with one attached hydrogen (secondary N) is 1. The summed E-state index contributed by atoms with van der Waals surface area (Å²) < 4.78 is 0. The molecule has 1 saturated heterocycles. The third-order valence-electron chi connectivity index (χ3n) is 3.71. The normalized spacial score (nSPS) is 26.8. The van der Waals surface area contributed by atoms with Gasteiger partial charge in [0.2, 0.25) is 0 Å². The van der Waals surface area contributed by atoms with E-state index in [0.29, 0.717) is 10.0 Å². The first-order valence-electron chi connectivity index (χ1n) is 5.90. The van der Waals surface area contributed by atoms with E-state index in [-0.39, 0.29) is 5.41 Å². The third-order valence-corrected chi connectivity index (χ3v) is 4.45. The van der Waals surface area contributed by atoms with Gasteiger partial charge in [0.15, 0.2) is 0 Å². The molecule has 2 rings (SSSR count). The number of rotatable bonds is 2. The molecule has 0 aliphatic carbocycles. The lowest BCUT2D eigenvalue weighted by molar-refractivity contribution is 0.0771. The number of hydrogen-bond acceptors (Lipinski definition) is 2. The lowest BCUT2D eigenvalue weighted by Gasteiger charge is -2.40. The van der Waals surface area contributed by atoms with Gasteiger partial charge in [-0.2, -0.15) is 0 Å². The number of aliphatic hydroxyl groups excluding tert-OH is 1. The third kappa shape index (κ3) is 2.45. The van der Waals surface area contributed by atoms with Crippen molar-refractivity contribution in [1.82, 2.24) is 5.32 Å². The van der Waals surface area contributed by atoms with Crippen molar-refractivity contribution >= 4 is 23.2 Å². The van der Waals surface area contributed by atoms with E-state index in [9.17, 15) is 5.11 Å². The van der Waals surface area contributed by atoms with Crippen LogP contribution in [0, 0.1) is 0 Å². The number of benzene rings is 1. The molecule has 0 amide bonds. The molecular weight excluding hydrogens is 257 g/mol. The number of piperidine rings is 1. The first kappa shape index (κ1) is 13.2. The van der Waals surface area contributed by atoms with Gasteiger partial charge < -0.3 is 10.4 Å². The molecule has 1 fully saturated rings. The van der Waals surface area contributed by atoms with Crippen LogP contribution in [0.15, 0.2) is 18.2 Å². The van der Waals surface area contributed by atoms with Crippen LogP contribution in [0.2, 0.25) is 10.0 Å². The van der Waals surface area contributed by atoms with Gasteiger partial charge in [-0.25, -0.2) is 0 Å². The zero-order valence-corrected chi connectivity index (χ0v) is 11.4. The van der Waals surface area contributed by atoms with Crippen LogP contribution in [-0.2, 0) is 5.41 Å². The fourth-order valence-corrected chi connectivity index (χ4v) is 2.88. The highest BCUT2D eigenvalue weighted by molar-refractivity contribution is 6.42. The quantitative estimate of drug-likeness (QED) is 0.869. The fourth-order valence-electron chi connectivity index (χ4n) is 2.58. The molecule has 0 bridgehead atoms. The van der Waals surface area contributed by atoms with Crippen LogP contribution in [0.3, 0.4) is 0 Å². The molecule has 1 aromatic rings. The van der Waals surface area contributed by atoms with E-state index in [4.69, 9.17) is 23.2 Å². The molecule has 4 heteroatoms. The summed E-state index contributed by atoms with van der Waals surface area (Å²) in [7, 11) is 0. The van der Waals surface area contributed by atoms with Crippen molar-refractivity contribution in [2.45, 2.75) is 31.3 Å². The lowest BCUT2D eigenvalue weighted by Crippen LogP contribution is -2.50. The summed E-state index contributed by atoms with van der Waals surface area (Å²) in [5.74, 6) is 0. The molecule has 0 saturated carbocycles. The van der Waals surface area contributed by atoms with E-state index < -0.39 is 6.10 Å². The number of halogens is 2. The van der Waals surface area contributed by atoms with Gasteiger partial charge in [0.25, 0.3) is 0 Å². The first-order chi connectivity index (χ1) is 8.06. The Hall–Kier alpha value is -0.280. The molecule has 1 unspecified atom stereocenters. The summed E-state index contributed by atoms with van der Waals surface area (Å²) in [6, 6.07) is 5.65. The zero-order valence-electron chi connectivity index (χ0n) is 9.84. The van der Waals surface area contributed by atoms with Gasteiger partial charge in [0, 0.05) is 12.0 Å². The van der Waals surface area contributed by atoms with Crippen LogP contribution in [0.4, 0.5) is 0 Å². The van der Waals surface area contributed by atoms with E-state index in [0.717, 1.165) is 31.5 Å². The van der Waals surface area contributed by atoms with Crippen molar-refractivity contribution < 1.29 is 5.11 Å². The highest BCUT2D eigenvalue weighted by atomic mass is 35.5. The molecule has 1 aliphatic rings. The SMILES string of the molecule is C[C@H](O)C1(c2ccc(Cl)c(Cl)c2)CCCNC1. The minimum Gasteiger partial charge on any atom is -0.392 e. The van der Waals surface area contributed by atoms with Gasteiger partial charge in [-0.3, -0.25) is 0 Å². The van der Waals surface area contributed by atoms with Crippen LogP contribution in [0.1, 0.15) is 25.3 Å². The maximum atomic E-state index is 10.1. The summed E-state index contributed by atoms with van der Waals surface area (Å²) in [4.78, 5) is 0. The first-order valence-corrected chi connectivity index (χ1v) is 6.66. The zero-order chi connectivity index (χ0) is 12.5. The summed E-state index contributed by atoms with van der Waals surface area (Å²) >= 11 is 12.0. The van der Waals surface area contributed by atoms with Crippen LogP contribution in [0.25, 0.3) is 0 Å². The fraction of sp³-hybridized carbons (Fsp3) is 0.538. The van der Waals surface area contributed by atoms with E-state index in [2.05, 4.69) is 5.32 Å². The Bertz CT molecular complexity index is 400. The highest BCUT2D eigenvalue weighted by Crippen LogP contribution is 2.37. The monoisotopic (exact) mass is 273 g/mol. The van der Waals surface area contributed by atoms with Crippen molar-refractivity contribution in [2.24, 2.45) is 0 Å². The maximum absolute atomic E-state index is 10.1. The number of hydrogen-bond donors (Lipinski definition) is 2. The summed E-state index contributed by atoms with van der Waals surface area (Å²) in [6.45, 7) is 3.63. The molecule has 2 nitrogen and oxygen atoms in total. The van der Waals surface area contributed by atoms with E-state index >= 15 is 0 Å². The molecular formula is C13H17Cl2NO. The van der Waals surface area contributed by atoms with Crippen molar-refractivity contribution in [1.29, 1.82) is 0 Å². The number of aliphatic hydroxyl groups is 1. The van der Waals surface area contributed by atoms with Gasteiger partial charge in [-0.05, 0) is 44.0 Å². The van der Waals surface area contributed by atoms with Crippen molar-refractivity contribution in [3.05, 3.63) is 33.8 Å². The van der Waals surface area contributed by atoms with E-state index in [1.54, 1.807) is 6.07 Å². The predicted octanol–water partition coefficient (Wildman–Crippen LogP) is 3.00. The Kier molecular flexibility index (Phi) is 3.99. The van der Waals surface area contributed by atoms with Crippen molar-refractivity contribution in [3.8, 4) is 0 Å². The molecule has 94 valence electrons. The molecule has 2 atom stereocenters. The highest BCUT2D eigenvalue weighted by Gasteiger charge is 2.38. The standard InChI is InChI=1S/C13H17Cl2NO/c1-9(17)13(5-2-6-16-8-13)10-3-4-11(14)12(15)7-10/h3-4,7,9,16-17H,2,5-6,8H2,1H3/t9-,13?/m0/s1. The Morgan fingerprint density at radius 2 is 2.12 bits per heavy atom. The average molecular weight is 274 g/mol. The smallest absolute Gasteiger partial charge is 0.0620 e. The second kappa shape index (κ2) is 5.15. The molecule has 0 aromatic heterocycles. The maximum Gasteiger partial charge on any atom is 0.0620 e. The van der Waals surface area contributed by atoms with Gasteiger partial charge in [0.05, 0.1) is 16.1 Å². The molecule has 0 spiro atoms. The van der Waals surface area contributed by atoms with Crippen LogP contribution >= 0.6 is 23.2 Å². The molecule has 1 aromatic carbocycles. The topological polar surface area (TPSA) is 32.3 Å². The molecule has 0 radical (unpaired) electrons. The van der Waals surface area contributed by atoms with Gasteiger partial charge in [-0.15, -0.1) is 0 Å². The van der Waals surface area contributed by atoms with Crippen molar-refractivity contribution in [3.63, 3.8) is 0 Å². The summed E-state index contributed by atoms with van der Waals surface area (Å²) in [5.41, 5.74) is 0.820. The predicted molar refractivity (Wildman–Crippen MR) is 71.9 cm³/mol. The largest absolute Gasteiger partial charge is 0.392 e. The Morgan fingerprint density at radius 1 is 1.35 bits per heavy atom. The van der Waals surface area contributed by atoms with E-state index in [1.165, 1.54) is 0 Å². The van der Waals surface area contributed by atoms with E-state index in [1.807, 2.05) is 19.1 Å². The summed E-state index contributed by atoms with van der Waals surface area (Å²) in [6.07, 6.45) is 1.62. The molecule has 17 heavy (non-hydrogen) atoms. The van der Waals surface area contributed by atoms with Crippen LogP contribution < -0.4 is 5.32 Å². The lowest BCUT2D eigenvalue weighted by atomic mass is 9.71. The van der Waals surface area contributed by atoms with Gasteiger partial charge >= 0.3 is 0 Å². The Balaban J connectivity index is 2.41. The van der Waals surface area contributed by atoms with Crippen LogP contribution in [-0.4, -0.2) is 24.3 Å². The molecule has 2 N–H and O–H groups in total. The Labute approximate surface area is 112 Å². The Morgan fingerprint density at radius 3 is 2.65 bits per heavy atom. The van der Waals surface area contributed by atoms with Gasteiger partial charge in [0.1, 0.15) is 0 Å². The second-order valence-electron chi connectivity index (χ2n) is 4.74.